The van der Waals surface area contributed by atoms with Crippen molar-refractivity contribution in [3.05, 3.63) is 59.9 Å². The maximum atomic E-state index is 12.1. The molecule has 0 amide bonds. The lowest BCUT2D eigenvalue weighted by atomic mass is 9.99. The predicted octanol–water partition coefficient (Wildman–Crippen LogP) is 3.20. The van der Waals surface area contributed by atoms with Gasteiger partial charge in [-0.1, -0.05) is 35.5 Å². The topological polar surface area (TPSA) is 96.5 Å². The first-order valence-electron chi connectivity index (χ1n) is 12.3. The summed E-state index contributed by atoms with van der Waals surface area (Å²) in [6, 6.07) is 16.1. The number of anilines is 1. The van der Waals surface area contributed by atoms with E-state index in [1.54, 1.807) is 7.11 Å². The Morgan fingerprint density at radius 3 is 2.66 bits per heavy atom. The van der Waals surface area contributed by atoms with Crippen molar-refractivity contribution in [3.63, 3.8) is 0 Å². The minimum Gasteiger partial charge on any atom is -0.493 e. The summed E-state index contributed by atoms with van der Waals surface area (Å²) in [4.78, 5) is 16.7. The van der Waals surface area contributed by atoms with Crippen LogP contribution in [0.1, 0.15) is 43.1 Å². The summed E-state index contributed by atoms with van der Waals surface area (Å²) in [6.45, 7) is 2.22. The molecular weight excluding hydrogens is 444 g/mol. The molecule has 2 aliphatic rings. The van der Waals surface area contributed by atoms with Gasteiger partial charge in [-0.05, 0) is 49.8 Å². The Morgan fingerprint density at radius 2 is 1.94 bits per heavy atom. The zero-order valence-electron chi connectivity index (χ0n) is 20.0. The van der Waals surface area contributed by atoms with Crippen LogP contribution in [0.3, 0.4) is 0 Å². The standard InChI is InChI=1S/C26H32N6O3/c1-34-24-12-11-20(16-25(24)35-22-9-5-6-10-22)31-13-14-32(23(18-33)26-27-29-30-28-26)21(17-31)15-19-7-3-2-4-8-19/h2-4,7-8,11-12,16,18,21-23H,5-6,9-10,13-15,17H2,1H3,(H,27,28,29,30)/t21?,23-/m1/s1. The van der Waals surface area contributed by atoms with Gasteiger partial charge in [0.15, 0.2) is 17.3 Å². The summed E-state index contributed by atoms with van der Waals surface area (Å²) >= 11 is 0. The van der Waals surface area contributed by atoms with Crippen LogP contribution in [0.2, 0.25) is 0 Å². The molecule has 2 aromatic carbocycles. The van der Waals surface area contributed by atoms with E-state index >= 15 is 0 Å². The van der Waals surface area contributed by atoms with Crippen LogP contribution in [0, 0.1) is 0 Å². The number of ether oxygens (including phenoxy) is 2. The Kier molecular flexibility index (Phi) is 7.23. The lowest BCUT2D eigenvalue weighted by molar-refractivity contribution is -0.114. The maximum absolute atomic E-state index is 12.1. The summed E-state index contributed by atoms with van der Waals surface area (Å²) in [7, 11) is 1.68. The number of rotatable bonds is 9. The molecule has 3 aromatic rings. The van der Waals surface area contributed by atoms with Gasteiger partial charge in [0.2, 0.25) is 0 Å². The number of H-pyrrole nitrogens is 1. The maximum Gasteiger partial charge on any atom is 0.198 e. The summed E-state index contributed by atoms with van der Waals surface area (Å²) in [5, 5.41) is 14.3. The van der Waals surface area contributed by atoms with Crippen molar-refractivity contribution in [3.8, 4) is 11.5 Å². The van der Waals surface area contributed by atoms with E-state index in [4.69, 9.17) is 9.47 Å². The van der Waals surface area contributed by atoms with Gasteiger partial charge in [-0.15, -0.1) is 10.2 Å². The molecule has 1 unspecified atom stereocenters. The highest BCUT2D eigenvalue weighted by molar-refractivity contribution is 5.60. The molecule has 184 valence electrons. The van der Waals surface area contributed by atoms with Crippen LogP contribution in [-0.2, 0) is 11.2 Å². The molecule has 35 heavy (non-hydrogen) atoms. The lowest BCUT2D eigenvalue weighted by Gasteiger charge is -2.44. The van der Waals surface area contributed by atoms with Crippen LogP contribution in [0.5, 0.6) is 11.5 Å². The molecule has 2 fully saturated rings. The van der Waals surface area contributed by atoms with Gasteiger partial charge in [0.1, 0.15) is 12.3 Å². The Bertz CT molecular complexity index is 1090. The molecule has 1 saturated carbocycles. The highest BCUT2D eigenvalue weighted by atomic mass is 16.5. The SMILES string of the molecule is COc1ccc(N2CCN([C@H](C=O)c3nn[nH]n3)C(Cc3ccccc3)C2)cc1OC1CCCC1. The third-order valence-electron chi connectivity index (χ3n) is 7.06. The minimum atomic E-state index is -0.540. The lowest BCUT2D eigenvalue weighted by Crippen LogP contribution is -2.55. The molecule has 0 spiro atoms. The molecule has 1 aliphatic carbocycles. The first kappa shape index (κ1) is 23.3. The van der Waals surface area contributed by atoms with E-state index in [2.05, 4.69) is 54.7 Å². The summed E-state index contributed by atoms with van der Waals surface area (Å²) in [6.07, 6.45) is 6.59. The van der Waals surface area contributed by atoms with Crippen molar-refractivity contribution < 1.29 is 14.3 Å². The molecule has 9 heteroatoms. The van der Waals surface area contributed by atoms with Crippen LogP contribution < -0.4 is 14.4 Å². The van der Waals surface area contributed by atoms with Crippen molar-refractivity contribution >= 4 is 12.0 Å². The van der Waals surface area contributed by atoms with Gasteiger partial charge >= 0.3 is 0 Å². The molecule has 5 rings (SSSR count). The Balaban J connectivity index is 1.39. The van der Waals surface area contributed by atoms with E-state index in [1.165, 1.54) is 18.4 Å². The monoisotopic (exact) mass is 476 g/mol. The van der Waals surface area contributed by atoms with E-state index < -0.39 is 6.04 Å². The Labute approximate surface area is 205 Å². The molecule has 2 atom stereocenters. The summed E-state index contributed by atoms with van der Waals surface area (Å²) < 4.78 is 11.9. The van der Waals surface area contributed by atoms with Crippen molar-refractivity contribution in [1.29, 1.82) is 0 Å². The van der Waals surface area contributed by atoms with Crippen molar-refractivity contribution in [2.75, 3.05) is 31.6 Å². The number of piperazine rings is 1. The quantitative estimate of drug-likeness (QED) is 0.471. The molecule has 0 radical (unpaired) electrons. The number of carbonyl (C=O) groups excluding carboxylic acids is 1. The molecule has 1 aromatic heterocycles. The van der Waals surface area contributed by atoms with Crippen LogP contribution in [0.15, 0.2) is 48.5 Å². The molecular formula is C26H32N6O3. The number of tetrazole rings is 1. The van der Waals surface area contributed by atoms with Gasteiger partial charge in [0.25, 0.3) is 0 Å². The number of aldehydes is 1. The number of benzene rings is 2. The molecule has 1 N–H and O–H groups in total. The molecule has 1 aliphatic heterocycles. The second-order valence-electron chi connectivity index (χ2n) is 9.24. The van der Waals surface area contributed by atoms with Crippen LogP contribution in [0.25, 0.3) is 0 Å². The smallest absolute Gasteiger partial charge is 0.198 e. The minimum absolute atomic E-state index is 0.0844. The Hall–Kier alpha value is -3.46. The van der Waals surface area contributed by atoms with Crippen molar-refractivity contribution in [1.82, 2.24) is 25.5 Å². The predicted molar refractivity (Wildman–Crippen MR) is 132 cm³/mol. The second kappa shape index (κ2) is 10.9. The van der Waals surface area contributed by atoms with Gasteiger partial charge in [-0.25, -0.2) is 0 Å². The van der Waals surface area contributed by atoms with E-state index in [-0.39, 0.29) is 12.1 Å². The number of nitrogens with one attached hydrogen (secondary N) is 1. The second-order valence-corrected chi connectivity index (χ2v) is 9.24. The third-order valence-corrected chi connectivity index (χ3v) is 7.06. The van der Waals surface area contributed by atoms with Gasteiger partial charge in [-0.2, -0.15) is 5.21 Å². The number of carbonyl (C=O) groups is 1. The largest absolute Gasteiger partial charge is 0.493 e. The Morgan fingerprint density at radius 1 is 1.11 bits per heavy atom. The molecule has 2 heterocycles. The van der Waals surface area contributed by atoms with Gasteiger partial charge in [0, 0.05) is 37.4 Å². The molecule has 0 bridgehead atoms. The van der Waals surface area contributed by atoms with Crippen LogP contribution in [0.4, 0.5) is 5.69 Å². The molecule has 1 saturated heterocycles. The van der Waals surface area contributed by atoms with E-state index in [0.29, 0.717) is 12.4 Å². The first-order chi connectivity index (χ1) is 17.2. The first-order valence-corrected chi connectivity index (χ1v) is 12.3. The molecule has 9 nitrogen and oxygen atoms in total. The summed E-state index contributed by atoms with van der Waals surface area (Å²) in [5.41, 5.74) is 2.32. The number of nitrogens with zero attached hydrogens (tertiary/aromatic N) is 5. The van der Waals surface area contributed by atoms with Gasteiger partial charge < -0.3 is 19.2 Å². The normalized spacial score (nSPS) is 20.0. The highest BCUT2D eigenvalue weighted by Gasteiger charge is 2.35. The van der Waals surface area contributed by atoms with Gasteiger partial charge in [0.05, 0.1) is 13.2 Å². The number of aromatic nitrogens is 4. The average Bonchev–Trinajstić information content (AvgIpc) is 3.61. The highest BCUT2D eigenvalue weighted by Crippen LogP contribution is 2.36. The van der Waals surface area contributed by atoms with Crippen LogP contribution in [-0.4, -0.2) is 70.7 Å². The number of methoxy groups -OCH3 is 1. The fourth-order valence-corrected chi connectivity index (χ4v) is 5.26. The number of hydrogen-bond donors (Lipinski definition) is 1. The fraction of sp³-hybridized carbons (Fsp3) is 0.462. The zero-order valence-corrected chi connectivity index (χ0v) is 20.0. The van der Waals surface area contributed by atoms with E-state index in [0.717, 1.165) is 55.8 Å². The third kappa shape index (κ3) is 5.30. The van der Waals surface area contributed by atoms with E-state index in [9.17, 15) is 4.79 Å². The van der Waals surface area contributed by atoms with Crippen molar-refractivity contribution in [2.45, 2.75) is 50.3 Å². The van der Waals surface area contributed by atoms with Crippen LogP contribution >= 0.6 is 0 Å². The fourth-order valence-electron chi connectivity index (χ4n) is 5.26. The number of hydrogen-bond acceptors (Lipinski definition) is 8. The van der Waals surface area contributed by atoms with E-state index in [1.807, 2.05) is 24.3 Å². The number of aromatic amines is 1. The van der Waals surface area contributed by atoms with Crippen molar-refractivity contribution in [2.24, 2.45) is 0 Å². The average molecular weight is 477 g/mol. The van der Waals surface area contributed by atoms with Gasteiger partial charge in [-0.3, -0.25) is 4.90 Å². The summed E-state index contributed by atoms with van der Waals surface area (Å²) in [5.74, 6) is 1.97. The zero-order chi connectivity index (χ0) is 24.0.